The summed E-state index contributed by atoms with van der Waals surface area (Å²) < 4.78 is 13.2. The zero-order valence-electron chi connectivity index (χ0n) is 11.6. The first kappa shape index (κ1) is 14.0. The molecule has 0 unspecified atom stereocenters. The Morgan fingerprint density at radius 1 is 1.37 bits per heavy atom. The molecular weight excluding hydrogens is 241 g/mol. The Hall–Kier alpha value is -1.44. The molecule has 102 valence electrons. The molecule has 0 bridgehead atoms. The molecule has 1 saturated heterocycles. The molecule has 19 heavy (non-hydrogen) atoms. The fourth-order valence-corrected chi connectivity index (χ4v) is 2.61. The van der Waals surface area contributed by atoms with Crippen LogP contribution in [0.4, 0.5) is 4.39 Å². The topological polar surface area (TPSA) is 30.3 Å². The lowest BCUT2D eigenvalue weighted by Gasteiger charge is -2.35. The first-order chi connectivity index (χ1) is 9.10. The van der Waals surface area contributed by atoms with Gasteiger partial charge in [0.2, 0.25) is 0 Å². The van der Waals surface area contributed by atoms with Gasteiger partial charge in [0.15, 0.2) is 0 Å². The van der Waals surface area contributed by atoms with Crippen LogP contribution in [0.15, 0.2) is 18.2 Å². The molecule has 0 N–H and O–H groups in total. The van der Waals surface area contributed by atoms with Crippen molar-refractivity contribution < 1.29 is 4.39 Å². The molecule has 1 aromatic carbocycles. The molecule has 1 aliphatic heterocycles. The zero-order chi connectivity index (χ0) is 13.8. The van der Waals surface area contributed by atoms with Crippen LogP contribution < -0.4 is 0 Å². The van der Waals surface area contributed by atoms with Gasteiger partial charge in [-0.15, -0.1) is 0 Å². The van der Waals surface area contributed by atoms with Gasteiger partial charge in [-0.3, -0.25) is 4.90 Å². The van der Waals surface area contributed by atoms with Gasteiger partial charge in [0.1, 0.15) is 11.9 Å². The first-order valence-electron chi connectivity index (χ1n) is 6.67. The normalized spacial score (nSPS) is 17.6. The molecule has 3 nitrogen and oxygen atoms in total. The van der Waals surface area contributed by atoms with Gasteiger partial charge in [0, 0.05) is 12.6 Å². The van der Waals surface area contributed by atoms with Crippen LogP contribution in [0.5, 0.6) is 0 Å². The van der Waals surface area contributed by atoms with E-state index in [0.717, 1.165) is 25.2 Å². The molecule has 0 amide bonds. The average Bonchev–Trinajstić information content (AvgIpc) is 2.41. The predicted molar refractivity (Wildman–Crippen MR) is 73.1 cm³/mol. The second kappa shape index (κ2) is 6.14. The van der Waals surface area contributed by atoms with Crippen molar-refractivity contribution in [2.45, 2.75) is 25.4 Å². The van der Waals surface area contributed by atoms with Crippen molar-refractivity contribution in [3.63, 3.8) is 0 Å². The van der Waals surface area contributed by atoms with Crippen LogP contribution in [-0.2, 0) is 6.54 Å². The molecule has 1 aliphatic rings. The highest BCUT2D eigenvalue weighted by molar-refractivity contribution is 5.34. The number of rotatable bonds is 3. The molecule has 0 saturated carbocycles. The Morgan fingerprint density at radius 3 is 2.63 bits per heavy atom. The average molecular weight is 261 g/mol. The van der Waals surface area contributed by atoms with Gasteiger partial charge in [-0.2, -0.15) is 5.26 Å². The number of hydrogen-bond acceptors (Lipinski definition) is 3. The van der Waals surface area contributed by atoms with E-state index >= 15 is 0 Å². The Balaban J connectivity index is 1.94. The predicted octanol–water partition coefficient (Wildman–Crippen LogP) is 2.22. The Morgan fingerprint density at radius 2 is 2.05 bits per heavy atom. The number of likely N-dealkylation sites (tertiary alicyclic amines) is 1. The van der Waals surface area contributed by atoms with Crippen LogP contribution in [0.3, 0.4) is 0 Å². The van der Waals surface area contributed by atoms with Crippen molar-refractivity contribution in [2.24, 2.45) is 0 Å². The minimum Gasteiger partial charge on any atom is -0.306 e. The maximum absolute atomic E-state index is 13.2. The van der Waals surface area contributed by atoms with E-state index in [1.165, 1.54) is 18.9 Å². The summed E-state index contributed by atoms with van der Waals surface area (Å²) in [5.41, 5.74) is 1.15. The number of hydrogen-bond donors (Lipinski definition) is 0. The van der Waals surface area contributed by atoms with E-state index in [2.05, 4.69) is 23.9 Å². The molecule has 2 rings (SSSR count). The highest BCUT2D eigenvalue weighted by Crippen LogP contribution is 2.17. The van der Waals surface area contributed by atoms with E-state index in [1.807, 2.05) is 6.07 Å². The number of piperidine rings is 1. The van der Waals surface area contributed by atoms with Crippen LogP contribution in [0.2, 0.25) is 0 Å². The van der Waals surface area contributed by atoms with Gasteiger partial charge in [0.05, 0.1) is 5.56 Å². The summed E-state index contributed by atoms with van der Waals surface area (Å²) in [7, 11) is 4.25. The Bertz CT molecular complexity index is 471. The third kappa shape index (κ3) is 3.52. The van der Waals surface area contributed by atoms with Gasteiger partial charge >= 0.3 is 0 Å². The Kier molecular flexibility index (Phi) is 4.52. The van der Waals surface area contributed by atoms with Crippen molar-refractivity contribution >= 4 is 0 Å². The third-order valence-corrected chi connectivity index (χ3v) is 3.84. The van der Waals surface area contributed by atoms with E-state index < -0.39 is 5.82 Å². The van der Waals surface area contributed by atoms with Gasteiger partial charge in [-0.25, -0.2) is 4.39 Å². The minimum absolute atomic E-state index is 0.140. The summed E-state index contributed by atoms with van der Waals surface area (Å²) in [6.45, 7) is 2.92. The first-order valence-corrected chi connectivity index (χ1v) is 6.67. The number of benzene rings is 1. The van der Waals surface area contributed by atoms with Crippen molar-refractivity contribution in [3.05, 3.63) is 35.1 Å². The van der Waals surface area contributed by atoms with Crippen LogP contribution in [0.1, 0.15) is 24.0 Å². The number of nitrogens with zero attached hydrogens (tertiary/aromatic N) is 3. The molecule has 0 spiro atoms. The second-order valence-electron chi connectivity index (χ2n) is 5.40. The lowest BCUT2D eigenvalue weighted by Crippen LogP contribution is -2.41. The molecule has 0 aromatic heterocycles. The summed E-state index contributed by atoms with van der Waals surface area (Å²) in [5.74, 6) is -0.433. The SMILES string of the molecule is CN(C)C1CCN(Cc2ccc(F)c(C#N)c2)CC1. The van der Waals surface area contributed by atoms with Crippen LogP contribution in [0.25, 0.3) is 0 Å². The molecule has 1 fully saturated rings. The summed E-state index contributed by atoms with van der Waals surface area (Å²) in [6, 6.07) is 7.38. The van der Waals surface area contributed by atoms with E-state index in [4.69, 9.17) is 5.26 Å². The maximum Gasteiger partial charge on any atom is 0.140 e. The summed E-state index contributed by atoms with van der Waals surface area (Å²) in [5, 5.41) is 8.84. The second-order valence-corrected chi connectivity index (χ2v) is 5.40. The quantitative estimate of drug-likeness (QED) is 0.836. The fourth-order valence-electron chi connectivity index (χ4n) is 2.61. The third-order valence-electron chi connectivity index (χ3n) is 3.84. The largest absolute Gasteiger partial charge is 0.306 e. The van der Waals surface area contributed by atoms with Crippen LogP contribution in [-0.4, -0.2) is 43.0 Å². The number of nitriles is 1. The van der Waals surface area contributed by atoms with Crippen molar-refractivity contribution in [2.75, 3.05) is 27.2 Å². The van der Waals surface area contributed by atoms with Gasteiger partial charge in [-0.05, 0) is 57.7 Å². The van der Waals surface area contributed by atoms with Crippen molar-refractivity contribution in [3.8, 4) is 6.07 Å². The highest BCUT2D eigenvalue weighted by Gasteiger charge is 2.20. The zero-order valence-corrected chi connectivity index (χ0v) is 11.6. The molecule has 4 heteroatoms. The van der Waals surface area contributed by atoms with Gasteiger partial charge in [-0.1, -0.05) is 6.07 Å². The maximum atomic E-state index is 13.2. The molecular formula is C15H20FN3. The summed E-state index contributed by atoms with van der Waals surface area (Å²) in [4.78, 5) is 4.65. The lowest BCUT2D eigenvalue weighted by molar-refractivity contribution is 0.140. The van der Waals surface area contributed by atoms with E-state index in [-0.39, 0.29) is 5.56 Å². The Labute approximate surface area is 114 Å². The van der Waals surface area contributed by atoms with E-state index in [1.54, 1.807) is 12.1 Å². The molecule has 1 aromatic rings. The van der Waals surface area contributed by atoms with E-state index in [0.29, 0.717) is 6.04 Å². The number of halogens is 1. The fraction of sp³-hybridized carbons (Fsp3) is 0.533. The molecule has 0 atom stereocenters. The molecule has 0 aliphatic carbocycles. The molecule has 1 heterocycles. The summed E-state index contributed by atoms with van der Waals surface area (Å²) >= 11 is 0. The minimum atomic E-state index is -0.433. The van der Waals surface area contributed by atoms with E-state index in [9.17, 15) is 4.39 Å². The van der Waals surface area contributed by atoms with Gasteiger partial charge < -0.3 is 4.90 Å². The smallest absolute Gasteiger partial charge is 0.140 e. The van der Waals surface area contributed by atoms with Crippen molar-refractivity contribution in [1.82, 2.24) is 9.80 Å². The lowest BCUT2D eigenvalue weighted by atomic mass is 10.0. The molecule has 0 radical (unpaired) electrons. The summed E-state index contributed by atoms with van der Waals surface area (Å²) in [6.07, 6.45) is 2.33. The van der Waals surface area contributed by atoms with Crippen LogP contribution in [0, 0.1) is 17.1 Å². The standard InChI is InChI=1S/C15H20FN3/c1-18(2)14-5-7-19(8-6-14)11-12-3-4-15(16)13(9-12)10-17/h3-4,9,14H,5-8,11H2,1-2H3. The van der Waals surface area contributed by atoms with Gasteiger partial charge in [0.25, 0.3) is 0 Å². The van der Waals surface area contributed by atoms with Crippen LogP contribution >= 0.6 is 0 Å². The monoisotopic (exact) mass is 261 g/mol. The van der Waals surface area contributed by atoms with Crippen molar-refractivity contribution in [1.29, 1.82) is 5.26 Å². The highest BCUT2D eigenvalue weighted by atomic mass is 19.1.